The zero-order valence-electron chi connectivity index (χ0n) is 50.1. The fraction of sp³-hybridized carbons (Fsp3) is 0.618. The molecule has 0 amide bonds. The highest BCUT2D eigenvalue weighted by Gasteiger charge is 2.27. The predicted molar refractivity (Wildman–Crippen MR) is 334 cm³/mol. The Morgan fingerprint density at radius 2 is 0.731 bits per heavy atom. The van der Waals surface area contributed by atoms with E-state index < -0.39 is 26.5 Å². The largest absolute Gasteiger partial charge is 0.472 e. The van der Waals surface area contributed by atoms with Crippen LogP contribution in [0.3, 0.4) is 0 Å². The maximum Gasteiger partial charge on any atom is 0.472 e. The fourth-order valence-electron chi connectivity index (χ4n) is 7.70. The normalized spacial score (nSPS) is 14.3. The lowest BCUT2D eigenvalue weighted by molar-refractivity contribution is -0.870. The summed E-state index contributed by atoms with van der Waals surface area (Å²) in [6, 6.07) is 0. The van der Waals surface area contributed by atoms with E-state index in [0.717, 1.165) is 109 Å². The molecule has 2 atom stereocenters. The van der Waals surface area contributed by atoms with Gasteiger partial charge in [0.25, 0.3) is 0 Å². The van der Waals surface area contributed by atoms with Crippen molar-refractivity contribution in [1.29, 1.82) is 0 Å². The second-order valence-corrected chi connectivity index (χ2v) is 22.5. The molecule has 10 heteroatoms. The van der Waals surface area contributed by atoms with E-state index in [-0.39, 0.29) is 32.0 Å². The molecule has 0 bridgehead atoms. The van der Waals surface area contributed by atoms with Gasteiger partial charge in [-0.25, -0.2) is 4.57 Å². The van der Waals surface area contributed by atoms with Crippen molar-refractivity contribution in [2.24, 2.45) is 0 Å². The Morgan fingerprint density at radius 3 is 1.09 bits per heavy atom. The van der Waals surface area contributed by atoms with Gasteiger partial charge in [0, 0.05) is 12.8 Å². The molecule has 0 aliphatic rings. The summed E-state index contributed by atoms with van der Waals surface area (Å²) < 4.78 is 34.5. The van der Waals surface area contributed by atoms with Crippen LogP contribution in [0.1, 0.15) is 219 Å². The van der Waals surface area contributed by atoms with Gasteiger partial charge >= 0.3 is 19.8 Å². The summed E-state index contributed by atoms with van der Waals surface area (Å²) in [4.78, 5) is 35.6. The SMILES string of the molecule is CC/C=C\C/C=C\C/C=C\C/C=C\C/C=C\C/C=C\C/C=C\C/C=C\C/C=C\C/C=C\C/C=C\C/C=C\CCCCC(=O)OC(COC(=O)CCCCCCCCCCCCCCCCC)COP(=O)(O)OCC[N+](C)(C)C. The van der Waals surface area contributed by atoms with Crippen molar-refractivity contribution < 1.29 is 42.1 Å². The third-order valence-corrected chi connectivity index (χ3v) is 13.4. The van der Waals surface area contributed by atoms with E-state index in [0.29, 0.717) is 17.4 Å². The molecule has 0 aromatic heterocycles. The molecule has 0 heterocycles. The van der Waals surface area contributed by atoms with E-state index >= 15 is 0 Å². The molecule has 0 aliphatic heterocycles. The summed E-state index contributed by atoms with van der Waals surface area (Å²) in [6.07, 6.45) is 85.0. The molecule has 0 aliphatic carbocycles. The predicted octanol–water partition coefficient (Wildman–Crippen LogP) is 19.5. The van der Waals surface area contributed by atoms with Gasteiger partial charge in [0.2, 0.25) is 0 Å². The second kappa shape index (κ2) is 57.6. The quantitative estimate of drug-likeness (QED) is 0.0211. The number of hydrogen-bond acceptors (Lipinski definition) is 7. The lowest BCUT2D eigenvalue weighted by atomic mass is 10.0. The number of nitrogens with zero attached hydrogens (tertiary/aromatic N) is 1. The molecular weight excluding hydrogens is 990 g/mol. The smallest absolute Gasteiger partial charge is 0.462 e. The summed E-state index contributed by atoms with van der Waals surface area (Å²) in [5.74, 6) is -0.855. The van der Waals surface area contributed by atoms with Gasteiger partial charge in [-0.3, -0.25) is 18.6 Å². The molecule has 0 aromatic carbocycles. The first-order valence-corrected chi connectivity index (χ1v) is 32.1. The number of unbranched alkanes of at least 4 members (excludes halogenated alkanes) is 16. The van der Waals surface area contributed by atoms with Crippen molar-refractivity contribution in [1.82, 2.24) is 0 Å². The number of ether oxygens (including phenoxy) is 2. The lowest BCUT2D eigenvalue weighted by Gasteiger charge is -2.24. The minimum Gasteiger partial charge on any atom is -0.462 e. The van der Waals surface area contributed by atoms with Crippen molar-refractivity contribution in [2.75, 3.05) is 47.5 Å². The number of phosphoric ester groups is 1. The van der Waals surface area contributed by atoms with Gasteiger partial charge in [-0.2, -0.15) is 0 Å². The molecule has 2 unspecified atom stereocenters. The van der Waals surface area contributed by atoms with E-state index in [4.69, 9.17) is 18.5 Å². The number of carbonyl (C=O) groups excluding carboxylic acids is 2. The third kappa shape index (κ3) is 61.1. The van der Waals surface area contributed by atoms with Crippen LogP contribution in [-0.2, 0) is 32.7 Å². The highest BCUT2D eigenvalue weighted by atomic mass is 31.2. The summed E-state index contributed by atoms with van der Waals surface area (Å²) in [5.41, 5.74) is 0. The van der Waals surface area contributed by atoms with Gasteiger partial charge in [0.1, 0.15) is 19.8 Å². The van der Waals surface area contributed by atoms with Crippen molar-refractivity contribution >= 4 is 19.8 Å². The molecule has 78 heavy (non-hydrogen) atoms. The first kappa shape index (κ1) is 73.9. The molecule has 0 radical (unpaired) electrons. The van der Waals surface area contributed by atoms with Crippen LogP contribution in [0.5, 0.6) is 0 Å². The van der Waals surface area contributed by atoms with Crippen LogP contribution in [0, 0.1) is 0 Å². The van der Waals surface area contributed by atoms with Crippen LogP contribution in [0.25, 0.3) is 0 Å². The van der Waals surface area contributed by atoms with Gasteiger partial charge in [0.05, 0.1) is 27.7 Å². The highest BCUT2D eigenvalue weighted by Crippen LogP contribution is 2.43. The Bertz CT molecular complexity index is 1820. The first-order chi connectivity index (χ1) is 38.0. The zero-order chi connectivity index (χ0) is 57.0. The fourth-order valence-corrected chi connectivity index (χ4v) is 8.44. The van der Waals surface area contributed by atoms with E-state index in [1.807, 2.05) is 21.1 Å². The molecule has 0 saturated carbocycles. The number of carbonyl (C=O) groups is 2. The number of hydrogen-bond donors (Lipinski definition) is 1. The van der Waals surface area contributed by atoms with Crippen LogP contribution in [0.15, 0.2) is 146 Å². The van der Waals surface area contributed by atoms with E-state index in [9.17, 15) is 19.0 Å². The van der Waals surface area contributed by atoms with Crippen LogP contribution in [0.2, 0.25) is 0 Å². The number of quaternary nitrogens is 1. The van der Waals surface area contributed by atoms with Crippen LogP contribution in [-0.4, -0.2) is 74.9 Å². The molecular formula is C68H113NO8P+. The van der Waals surface area contributed by atoms with Gasteiger partial charge < -0.3 is 18.9 Å². The maximum absolute atomic E-state index is 12.8. The Kier molecular flexibility index (Phi) is 54.5. The minimum absolute atomic E-state index is 0.0167. The number of esters is 2. The van der Waals surface area contributed by atoms with Gasteiger partial charge in [-0.15, -0.1) is 0 Å². The van der Waals surface area contributed by atoms with Gasteiger partial charge in [-0.05, 0) is 103 Å². The molecule has 0 rings (SSSR count). The molecule has 0 fully saturated rings. The third-order valence-electron chi connectivity index (χ3n) is 12.4. The Hall–Kier alpha value is -4.11. The Balaban J connectivity index is 4.23. The maximum atomic E-state index is 12.8. The van der Waals surface area contributed by atoms with Crippen molar-refractivity contribution in [2.45, 2.75) is 225 Å². The zero-order valence-corrected chi connectivity index (χ0v) is 51.0. The highest BCUT2D eigenvalue weighted by molar-refractivity contribution is 7.47. The van der Waals surface area contributed by atoms with Crippen molar-refractivity contribution in [3.8, 4) is 0 Å². The average Bonchev–Trinajstić information content (AvgIpc) is 3.41. The van der Waals surface area contributed by atoms with Crippen molar-refractivity contribution in [3.05, 3.63) is 146 Å². The van der Waals surface area contributed by atoms with Crippen LogP contribution < -0.4 is 0 Å². The summed E-state index contributed by atoms with van der Waals surface area (Å²) in [5, 5.41) is 0. The summed E-state index contributed by atoms with van der Waals surface area (Å²) in [6.45, 7) is 4.25. The molecule has 0 aromatic rings. The van der Waals surface area contributed by atoms with Crippen molar-refractivity contribution in [3.63, 3.8) is 0 Å². The van der Waals surface area contributed by atoms with Gasteiger partial charge in [0.15, 0.2) is 6.10 Å². The molecule has 1 N–H and O–H groups in total. The molecule has 9 nitrogen and oxygen atoms in total. The molecule has 0 saturated heterocycles. The first-order valence-electron chi connectivity index (χ1n) is 30.6. The Labute approximate surface area is 478 Å². The number of likely N-dealkylation sites (N-methyl/N-ethyl adjacent to an activating group) is 1. The van der Waals surface area contributed by atoms with Gasteiger partial charge in [-0.1, -0.05) is 250 Å². The number of rotatable bonds is 54. The van der Waals surface area contributed by atoms with E-state index in [2.05, 4.69) is 160 Å². The number of allylic oxidation sites excluding steroid dienone is 24. The monoisotopic (exact) mass is 1100 g/mol. The Morgan fingerprint density at radius 1 is 0.410 bits per heavy atom. The van der Waals surface area contributed by atoms with Crippen LogP contribution >= 0.6 is 7.82 Å². The lowest BCUT2D eigenvalue weighted by Crippen LogP contribution is -2.37. The average molecular weight is 1100 g/mol. The van der Waals surface area contributed by atoms with E-state index in [1.165, 1.54) is 77.0 Å². The van der Waals surface area contributed by atoms with Crippen LogP contribution in [0.4, 0.5) is 0 Å². The number of phosphoric acid groups is 1. The summed E-state index contributed by atoms with van der Waals surface area (Å²) in [7, 11) is 1.43. The molecule has 442 valence electrons. The molecule has 0 spiro atoms. The van der Waals surface area contributed by atoms with E-state index in [1.54, 1.807) is 0 Å². The topological polar surface area (TPSA) is 108 Å². The second-order valence-electron chi connectivity index (χ2n) is 21.0. The standard InChI is InChI=1S/C68H112NO8P/c1-6-8-10-12-14-16-18-20-22-23-24-25-26-27-28-29-30-31-32-33-34-35-36-37-38-39-40-41-42-43-44-45-47-49-51-53-55-57-59-61-68(71)77-66(65-76-78(72,73)75-63-62-69(3,4)5)64-74-67(70)60-58-56-54-52-50-48-46-21-19-17-15-13-11-9-7-2/h8,10,14,16,20,22,24-25,27-28,30-31,33-34,36-37,39-40,42-43,45,47,51,53,66H,6-7,9,11-13,15,17-19,21,23,26,29,32,35,38,41,44,46,48-50,52,54-65H2,1-5H3/p+1/b10-8-,16-14-,22-20-,25-24-,28-27-,31-30-,34-33-,37-36-,40-39-,43-42-,47-45-,53-51-. The minimum atomic E-state index is -4.41. The summed E-state index contributed by atoms with van der Waals surface area (Å²) >= 11 is 0.